The van der Waals surface area contributed by atoms with Crippen LogP contribution in [0, 0.1) is 10.1 Å². The topological polar surface area (TPSA) is 73.6 Å². The Kier molecular flexibility index (Phi) is 4.43. The van der Waals surface area contributed by atoms with Crippen molar-refractivity contribution in [2.24, 2.45) is 0 Å². The highest BCUT2D eigenvalue weighted by Crippen LogP contribution is 2.42. The summed E-state index contributed by atoms with van der Waals surface area (Å²) in [6, 6.07) is 10.6. The molecule has 7 heteroatoms. The lowest BCUT2D eigenvalue weighted by molar-refractivity contribution is -0.384. The smallest absolute Gasteiger partial charge is 0.296 e. The van der Waals surface area contributed by atoms with Gasteiger partial charge in [0.15, 0.2) is 5.69 Å². The van der Waals surface area contributed by atoms with Crippen molar-refractivity contribution in [1.82, 2.24) is 0 Å². The molecule has 0 saturated carbocycles. The molecule has 0 atom stereocenters. The van der Waals surface area contributed by atoms with E-state index in [0.717, 1.165) is 17.0 Å². The molecule has 1 aliphatic heterocycles. The van der Waals surface area contributed by atoms with Crippen molar-refractivity contribution in [3.8, 4) is 11.5 Å². The summed E-state index contributed by atoms with van der Waals surface area (Å²) in [6.07, 6.45) is 0. The molecule has 0 fully saturated rings. The monoisotopic (exact) mass is 372 g/mol. The molecular weight excluding hydrogens is 348 g/mol. The predicted octanol–water partition coefficient (Wildman–Crippen LogP) is 5.61. The van der Waals surface area contributed by atoms with Crippen LogP contribution in [0.5, 0.6) is 11.5 Å². The zero-order valence-corrected chi connectivity index (χ0v) is 16.8. The van der Waals surface area contributed by atoms with Crippen molar-refractivity contribution >= 4 is 25.4 Å². The summed E-state index contributed by atoms with van der Waals surface area (Å²) in [7, 11) is -1.94. The van der Waals surface area contributed by atoms with Gasteiger partial charge in [0.1, 0.15) is 18.1 Å². The Balaban J connectivity index is 1.93. The second-order valence-electron chi connectivity index (χ2n) is 8.00. The molecule has 1 aliphatic rings. The minimum Gasteiger partial charge on any atom is -0.543 e. The molecule has 138 valence electrons. The summed E-state index contributed by atoms with van der Waals surface area (Å²) >= 11 is 0. The maximum atomic E-state index is 11.3. The first-order valence-corrected chi connectivity index (χ1v) is 11.5. The Morgan fingerprint density at radius 3 is 2.62 bits per heavy atom. The van der Waals surface area contributed by atoms with E-state index in [1.807, 2.05) is 18.2 Å². The second-order valence-corrected chi connectivity index (χ2v) is 12.7. The van der Waals surface area contributed by atoms with Gasteiger partial charge >= 0.3 is 0 Å². The van der Waals surface area contributed by atoms with Crippen molar-refractivity contribution in [3.63, 3.8) is 0 Å². The van der Waals surface area contributed by atoms with Crippen molar-refractivity contribution in [1.29, 1.82) is 0 Å². The van der Waals surface area contributed by atoms with Crippen molar-refractivity contribution < 1.29 is 14.1 Å². The minimum atomic E-state index is -1.94. The quantitative estimate of drug-likeness (QED) is 0.430. The summed E-state index contributed by atoms with van der Waals surface area (Å²) in [6.45, 7) is 11.3. The number of benzene rings is 2. The third kappa shape index (κ3) is 3.39. The third-order valence-electron chi connectivity index (χ3n) is 5.10. The second kappa shape index (κ2) is 6.32. The van der Waals surface area contributed by atoms with Gasteiger partial charge in [0, 0.05) is 17.3 Å². The first kappa shape index (κ1) is 18.3. The zero-order chi connectivity index (χ0) is 19.1. The number of rotatable bonds is 3. The molecule has 0 amide bonds. The third-order valence-corrected chi connectivity index (χ3v) is 9.46. The molecule has 6 nitrogen and oxygen atoms in total. The van der Waals surface area contributed by atoms with Crippen molar-refractivity contribution in [3.05, 3.63) is 52.1 Å². The molecule has 2 aromatic rings. The molecule has 0 bridgehead atoms. The van der Waals surface area contributed by atoms with Crippen LogP contribution in [-0.4, -0.2) is 13.2 Å². The number of ether oxygens (including phenoxy) is 1. The normalized spacial score (nSPS) is 13.6. The van der Waals surface area contributed by atoms with Gasteiger partial charge in [0.25, 0.3) is 5.69 Å². The summed E-state index contributed by atoms with van der Waals surface area (Å²) < 4.78 is 12.2. The Morgan fingerprint density at radius 1 is 1.23 bits per heavy atom. The van der Waals surface area contributed by atoms with Gasteiger partial charge in [-0.1, -0.05) is 26.8 Å². The fraction of sp³-hybridized carbons (Fsp3) is 0.368. The van der Waals surface area contributed by atoms with Crippen LogP contribution >= 0.6 is 0 Å². The first-order chi connectivity index (χ1) is 12.1. The summed E-state index contributed by atoms with van der Waals surface area (Å²) in [4.78, 5) is 10.9. The molecule has 0 saturated heterocycles. The number of nitrogens with zero attached hydrogens (tertiary/aromatic N) is 1. The highest BCUT2D eigenvalue weighted by atomic mass is 28.4. The fourth-order valence-electron chi connectivity index (χ4n) is 2.53. The molecular formula is C19H24N2O4Si. The zero-order valence-electron chi connectivity index (χ0n) is 15.8. The van der Waals surface area contributed by atoms with E-state index in [0.29, 0.717) is 18.0 Å². The van der Waals surface area contributed by atoms with Gasteiger partial charge in [-0.2, -0.15) is 0 Å². The SMILES string of the molecule is CC(C)(C)[Si](C)(C)Oc1ccc2c(c1)COc1cccc([N+](=O)[O-])c1N2. The lowest BCUT2D eigenvalue weighted by Gasteiger charge is -2.36. The molecule has 26 heavy (non-hydrogen) atoms. The van der Waals surface area contributed by atoms with E-state index in [1.54, 1.807) is 12.1 Å². The van der Waals surface area contributed by atoms with E-state index in [2.05, 4.69) is 39.2 Å². The van der Waals surface area contributed by atoms with Crippen LogP contribution in [0.4, 0.5) is 17.1 Å². The molecule has 0 unspecified atom stereocenters. The highest BCUT2D eigenvalue weighted by molar-refractivity contribution is 6.74. The van der Waals surface area contributed by atoms with Crippen LogP contribution in [0.15, 0.2) is 36.4 Å². The number of nitro benzene ring substituents is 1. The van der Waals surface area contributed by atoms with Gasteiger partial charge in [0.05, 0.1) is 4.92 Å². The molecule has 0 aromatic heterocycles. The first-order valence-electron chi connectivity index (χ1n) is 8.58. The number of nitrogens with one attached hydrogen (secondary N) is 1. The maximum Gasteiger partial charge on any atom is 0.296 e. The van der Waals surface area contributed by atoms with E-state index < -0.39 is 13.2 Å². The Bertz CT molecular complexity index is 859. The van der Waals surface area contributed by atoms with Crippen molar-refractivity contribution in [2.75, 3.05) is 5.32 Å². The summed E-state index contributed by atoms with van der Waals surface area (Å²) in [5, 5.41) is 14.6. The summed E-state index contributed by atoms with van der Waals surface area (Å²) in [5.41, 5.74) is 2.08. The fourth-order valence-corrected chi connectivity index (χ4v) is 3.55. The van der Waals surface area contributed by atoms with Gasteiger partial charge in [0.2, 0.25) is 8.32 Å². The van der Waals surface area contributed by atoms with Crippen LogP contribution in [-0.2, 0) is 6.61 Å². The van der Waals surface area contributed by atoms with Gasteiger partial charge in [-0.05, 0) is 42.4 Å². The highest BCUT2D eigenvalue weighted by Gasteiger charge is 2.39. The molecule has 0 radical (unpaired) electrons. The molecule has 1 N–H and O–H groups in total. The lowest BCUT2D eigenvalue weighted by atomic mass is 10.1. The summed E-state index contributed by atoms with van der Waals surface area (Å²) in [5.74, 6) is 1.28. The number of hydrogen-bond donors (Lipinski definition) is 1. The van der Waals surface area contributed by atoms with Gasteiger partial charge in [-0.15, -0.1) is 0 Å². The van der Waals surface area contributed by atoms with Crippen LogP contribution in [0.25, 0.3) is 0 Å². The van der Waals surface area contributed by atoms with E-state index in [-0.39, 0.29) is 10.7 Å². The average Bonchev–Trinajstić information content (AvgIpc) is 2.72. The number of fused-ring (bicyclic) bond motifs is 2. The van der Waals surface area contributed by atoms with Crippen LogP contribution < -0.4 is 14.5 Å². The van der Waals surface area contributed by atoms with Gasteiger partial charge in [-0.3, -0.25) is 10.1 Å². The maximum absolute atomic E-state index is 11.3. The van der Waals surface area contributed by atoms with Crippen LogP contribution in [0.2, 0.25) is 18.1 Å². The molecule has 2 aromatic carbocycles. The predicted molar refractivity (Wildman–Crippen MR) is 105 cm³/mol. The van der Waals surface area contributed by atoms with Crippen molar-refractivity contribution in [2.45, 2.75) is 45.5 Å². The van der Waals surface area contributed by atoms with Gasteiger partial charge < -0.3 is 14.5 Å². The Morgan fingerprint density at radius 2 is 1.96 bits per heavy atom. The standard InChI is InChI=1S/C19H24N2O4Si/c1-19(2,3)26(4,5)25-14-9-10-15-13(11-14)12-24-17-8-6-7-16(21(22)23)18(17)20-15/h6-11,20H,12H2,1-5H3. The molecule has 0 aliphatic carbocycles. The Hall–Kier alpha value is -2.54. The average molecular weight is 372 g/mol. The number of nitro groups is 1. The molecule has 3 rings (SSSR count). The van der Waals surface area contributed by atoms with Crippen LogP contribution in [0.1, 0.15) is 26.3 Å². The van der Waals surface area contributed by atoms with Crippen LogP contribution in [0.3, 0.4) is 0 Å². The number of hydrogen-bond acceptors (Lipinski definition) is 5. The number of anilines is 2. The lowest BCUT2D eigenvalue weighted by Crippen LogP contribution is -2.43. The minimum absolute atomic E-state index is 0.00282. The Labute approximate surface area is 154 Å². The van der Waals surface area contributed by atoms with Gasteiger partial charge in [-0.25, -0.2) is 0 Å². The molecule has 0 spiro atoms. The largest absolute Gasteiger partial charge is 0.543 e. The van der Waals surface area contributed by atoms with E-state index in [4.69, 9.17) is 9.16 Å². The van der Waals surface area contributed by atoms with E-state index in [9.17, 15) is 10.1 Å². The molecule has 1 heterocycles. The van der Waals surface area contributed by atoms with E-state index >= 15 is 0 Å². The van der Waals surface area contributed by atoms with E-state index in [1.165, 1.54) is 6.07 Å². The number of para-hydroxylation sites is 1.